The average Bonchev–Trinajstić information content (AvgIpc) is 3.19. The second-order valence-corrected chi connectivity index (χ2v) is 7.94. The minimum atomic E-state index is -0.258. The van der Waals surface area contributed by atoms with E-state index in [1.165, 1.54) is 12.1 Å². The van der Waals surface area contributed by atoms with E-state index >= 15 is 0 Å². The number of benzene rings is 1. The first-order chi connectivity index (χ1) is 12.0. The van der Waals surface area contributed by atoms with Crippen LogP contribution in [0.15, 0.2) is 34.8 Å². The molecule has 3 aromatic rings. The lowest BCUT2D eigenvalue weighted by Gasteiger charge is -2.20. The first kappa shape index (κ1) is 18.0. The van der Waals surface area contributed by atoms with E-state index in [4.69, 9.17) is 0 Å². The van der Waals surface area contributed by atoms with E-state index in [0.717, 1.165) is 33.1 Å². The predicted octanol–water partition coefficient (Wildman–Crippen LogP) is 4.09. The molecule has 0 radical (unpaired) electrons. The van der Waals surface area contributed by atoms with Crippen LogP contribution in [-0.2, 0) is 5.75 Å². The topological polar surface area (TPSA) is 46.8 Å². The van der Waals surface area contributed by atoms with Gasteiger partial charge in [-0.25, -0.2) is 9.37 Å². The molecule has 0 N–H and O–H groups in total. The minimum absolute atomic E-state index is 0.0772. The number of aromatic nitrogens is 4. The van der Waals surface area contributed by atoms with Crippen molar-refractivity contribution in [3.05, 3.63) is 52.0 Å². The molecule has 0 aliphatic heterocycles. The first-order valence-electron chi connectivity index (χ1n) is 7.87. The summed E-state index contributed by atoms with van der Waals surface area (Å²) in [4.78, 5) is 6.56. The van der Waals surface area contributed by atoms with E-state index < -0.39 is 0 Å². The van der Waals surface area contributed by atoms with Crippen molar-refractivity contribution in [2.24, 2.45) is 0 Å². The zero-order valence-corrected chi connectivity index (χ0v) is 16.2. The van der Waals surface area contributed by atoms with Crippen molar-refractivity contribution < 1.29 is 4.39 Å². The molecule has 132 valence electrons. The van der Waals surface area contributed by atoms with Gasteiger partial charge in [0.15, 0.2) is 11.0 Å². The van der Waals surface area contributed by atoms with Gasteiger partial charge in [0.2, 0.25) is 0 Å². The normalized spacial score (nSPS) is 12.7. The highest BCUT2D eigenvalue weighted by Crippen LogP contribution is 2.29. The van der Waals surface area contributed by atoms with Gasteiger partial charge in [0.25, 0.3) is 0 Å². The summed E-state index contributed by atoms with van der Waals surface area (Å²) in [5.41, 5.74) is 1.88. The van der Waals surface area contributed by atoms with Crippen molar-refractivity contribution in [2.45, 2.75) is 30.8 Å². The van der Waals surface area contributed by atoms with Crippen LogP contribution in [0.1, 0.15) is 29.5 Å². The maximum Gasteiger partial charge on any atom is 0.196 e. The molecule has 0 aliphatic carbocycles. The molecular weight excluding hydrogens is 357 g/mol. The summed E-state index contributed by atoms with van der Waals surface area (Å²) in [6.07, 6.45) is 0. The van der Waals surface area contributed by atoms with Gasteiger partial charge in [-0.3, -0.25) is 9.47 Å². The quantitative estimate of drug-likeness (QED) is 0.606. The Balaban J connectivity index is 1.95. The standard InChI is InChI=1S/C17H20FN5S2/c1-11(22(3)4)16-20-21-17(25-10-14-9-24-12(2)19-14)23(16)15-7-5-13(18)6-8-15/h5-9,11H,10H2,1-4H3. The Kier molecular flexibility index (Phi) is 5.51. The molecular formula is C17H20FN5S2. The van der Waals surface area contributed by atoms with Gasteiger partial charge in [-0.1, -0.05) is 11.8 Å². The van der Waals surface area contributed by atoms with Gasteiger partial charge < -0.3 is 0 Å². The van der Waals surface area contributed by atoms with Gasteiger partial charge >= 0.3 is 0 Å². The van der Waals surface area contributed by atoms with E-state index in [1.54, 1.807) is 35.2 Å². The maximum atomic E-state index is 13.3. The molecule has 0 spiro atoms. The number of rotatable bonds is 6. The molecule has 0 aliphatic rings. The Bertz CT molecular complexity index is 841. The van der Waals surface area contributed by atoms with Gasteiger partial charge in [0.05, 0.1) is 16.7 Å². The molecule has 2 aromatic heterocycles. The third kappa shape index (κ3) is 4.08. The summed E-state index contributed by atoms with van der Waals surface area (Å²) in [7, 11) is 4.00. The lowest BCUT2D eigenvalue weighted by molar-refractivity contribution is 0.305. The summed E-state index contributed by atoms with van der Waals surface area (Å²) >= 11 is 3.22. The van der Waals surface area contributed by atoms with Crippen LogP contribution in [0.5, 0.6) is 0 Å². The molecule has 1 unspecified atom stereocenters. The number of halogens is 1. The summed E-state index contributed by atoms with van der Waals surface area (Å²) < 4.78 is 15.3. The zero-order chi connectivity index (χ0) is 18.0. The van der Waals surface area contributed by atoms with Crippen molar-refractivity contribution >= 4 is 23.1 Å². The molecule has 2 heterocycles. The second-order valence-electron chi connectivity index (χ2n) is 5.94. The highest BCUT2D eigenvalue weighted by molar-refractivity contribution is 7.98. The minimum Gasteiger partial charge on any atom is -0.300 e. The van der Waals surface area contributed by atoms with Crippen LogP contribution in [0.4, 0.5) is 4.39 Å². The molecule has 0 saturated heterocycles. The second kappa shape index (κ2) is 7.63. The number of thiazole rings is 1. The van der Waals surface area contributed by atoms with E-state index in [9.17, 15) is 4.39 Å². The van der Waals surface area contributed by atoms with Gasteiger partial charge in [-0.15, -0.1) is 21.5 Å². The van der Waals surface area contributed by atoms with Crippen molar-refractivity contribution in [2.75, 3.05) is 14.1 Å². The average molecular weight is 378 g/mol. The van der Waals surface area contributed by atoms with Crippen molar-refractivity contribution in [3.8, 4) is 5.69 Å². The molecule has 1 atom stereocenters. The molecule has 5 nitrogen and oxygen atoms in total. The number of nitrogens with zero attached hydrogens (tertiary/aromatic N) is 5. The molecule has 8 heteroatoms. The highest BCUT2D eigenvalue weighted by atomic mass is 32.2. The maximum absolute atomic E-state index is 13.3. The zero-order valence-electron chi connectivity index (χ0n) is 14.6. The van der Waals surface area contributed by atoms with E-state index in [0.29, 0.717) is 0 Å². The third-order valence-electron chi connectivity index (χ3n) is 3.91. The van der Waals surface area contributed by atoms with Crippen LogP contribution in [-0.4, -0.2) is 38.7 Å². The summed E-state index contributed by atoms with van der Waals surface area (Å²) in [5, 5.41) is 12.7. The van der Waals surface area contributed by atoms with Crippen LogP contribution in [0.2, 0.25) is 0 Å². The SMILES string of the molecule is Cc1nc(CSc2nnc(C(C)N(C)C)n2-c2ccc(F)cc2)cs1. The van der Waals surface area contributed by atoms with Gasteiger partial charge in [-0.05, 0) is 52.2 Å². The van der Waals surface area contributed by atoms with Crippen molar-refractivity contribution in [1.29, 1.82) is 0 Å². The van der Waals surface area contributed by atoms with Crippen LogP contribution in [0, 0.1) is 12.7 Å². The molecule has 0 bridgehead atoms. The lowest BCUT2D eigenvalue weighted by atomic mass is 10.2. The summed E-state index contributed by atoms with van der Waals surface area (Å²) in [6, 6.07) is 6.49. The largest absolute Gasteiger partial charge is 0.300 e. The Morgan fingerprint density at radius 2 is 1.96 bits per heavy atom. The Labute approximate surface area is 154 Å². The van der Waals surface area contributed by atoms with Crippen molar-refractivity contribution in [3.63, 3.8) is 0 Å². The van der Waals surface area contributed by atoms with Crippen LogP contribution in [0.25, 0.3) is 5.69 Å². The van der Waals surface area contributed by atoms with E-state index in [2.05, 4.69) is 32.4 Å². The van der Waals surface area contributed by atoms with Crippen LogP contribution >= 0.6 is 23.1 Å². The number of hydrogen-bond acceptors (Lipinski definition) is 6. The Hall–Kier alpha value is -1.77. The molecule has 3 rings (SSSR count). The van der Waals surface area contributed by atoms with Crippen LogP contribution in [0.3, 0.4) is 0 Å². The number of thioether (sulfide) groups is 1. The smallest absolute Gasteiger partial charge is 0.196 e. The summed E-state index contributed by atoms with van der Waals surface area (Å²) in [5.74, 6) is 1.29. The Morgan fingerprint density at radius 1 is 1.24 bits per heavy atom. The molecule has 0 amide bonds. The third-order valence-corrected chi connectivity index (χ3v) is 5.69. The van der Waals surface area contributed by atoms with Gasteiger partial charge in [-0.2, -0.15) is 0 Å². The molecule has 0 fully saturated rings. The van der Waals surface area contributed by atoms with Gasteiger partial charge in [0, 0.05) is 16.8 Å². The monoisotopic (exact) mass is 377 g/mol. The fourth-order valence-corrected chi connectivity index (χ4v) is 3.89. The van der Waals surface area contributed by atoms with E-state index in [-0.39, 0.29) is 11.9 Å². The van der Waals surface area contributed by atoms with E-state index in [1.807, 2.05) is 25.6 Å². The summed E-state index contributed by atoms with van der Waals surface area (Å²) in [6.45, 7) is 4.07. The molecule has 25 heavy (non-hydrogen) atoms. The van der Waals surface area contributed by atoms with Crippen LogP contribution < -0.4 is 0 Å². The van der Waals surface area contributed by atoms with Crippen molar-refractivity contribution in [1.82, 2.24) is 24.6 Å². The fourth-order valence-electron chi connectivity index (χ4n) is 2.32. The molecule has 1 aromatic carbocycles. The fraction of sp³-hybridized carbons (Fsp3) is 0.353. The number of hydrogen-bond donors (Lipinski definition) is 0. The Morgan fingerprint density at radius 3 is 2.56 bits per heavy atom. The highest BCUT2D eigenvalue weighted by Gasteiger charge is 2.21. The number of aryl methyl sites for hydroxylation is 1. The predicted molar refractivity (Wildman–Crippen MR) is 99.8 cm³/mol. The lowest BCUT2D eigenvalue weighted by Crippen LogP contribution is -2.20. The first-order valence-corrected chi connectivity index (χ1v) is 9.73. The molecule has 0 saturated carbocycles. The van der Waals surface area contributed by atoms with Gasteiger partial charge in [0.1, 0.15) is 5.82 Å².